The normalized spacial score (nSPS) is 11.8. The van der Waals surface area contributed by atoms with Gasteiger partial charge in [-0.25, -0.2) is 4.39 Å². The van der Waals surface area contributed by atoms with Crippen LogP contribution in [0.2, 0.25) is 0 Å². The van der Waals surface area contributed by atoms with Crippen LogP contribution in [0.25, 0.3) is 0 Å². The van der Waals surface area contributed by atoms with Crippen molar-refractivity contribution in [2.45, 2.75) is 25.6 Å². The number of phenols is 1. The first kappa shape index (κ1) is 13.8. The number of halogens is 4. The van der Waals surface area contributed by atoms with E-state index in [0.717, 1.165) is 6.07 Å². The summed E-state index contributed by atoms with van der Waals surface area (Å²) in [4.78, 5) is 0. The van der Waals surface area contributed by atoms with Crippen LogP contribution in [0.3, 0.4) is 0 Å². The van der Waals surface area contributed by atoms with Crippen molar-refractivity contribution in [1.82, 2.24) is 5.32 Å². The predicted octanol–water partition coefficient (Wildman–Crippen LogP) is 2.96. The number of rotatable bonds is 5. The van der Waals surface area contributed by atoms with Crippen LogP contribution in [0.15, 0.2) is 18.2 Å². The van der Waals surface area contributed by atoms with Crippen molar-refractivity contribution in [3.63, 3.8) is 0 Å². The largest absolute Gasteiger partial charge is 0.505 e. The SMILES string of the molecule is Oc1c(F)cccc1CNCCCC(F)(F)F. The van der Waals surface area contributed by atoms with Gasteiger partial charge in [-0.05, 0) is 19.0 Å². The van der Waals surface area contributed by atoms with Gasteiger partial charge in [0.15, 0.2) is 11.6 Å². The molecule has 2 nitrogen and oxygen atoms in total. The second-order valence-electron chi connectivity index (χ2n) is 3.64. The zero-order valence-corrected chi connectivity index (χ0v) is 9.02. The number of benzene rings is 1. The molecule has 0 unspecified atom stereocenters. The Balaban J connectivity index is 2.29. The van der Waals surface area contributed by atoms with Gasteiger partial charge in [0, 0.05) is 18.5 Å². The summed E-state index contributed by atoms with van der Waals surface area (Å²) in [5.74, 6) is -1.20. The first-order valence-electron chi connectivity index (χ1n) is 5.14. The van der Waals surface area contributed by atoms with Gasteiger partial charge in [-0.1, -0.05) is 12.1 Å². The van der Waals surface area contributed by atoms with E-state index in [1.165, 1.54) is 12.1 Å². The highest BCUT2D eigenvalue weighted by Crippen LogP contribution is 2.22. The molecule has 0 saturated heterocycles. The Bertz CT molecular complexity index is 365. The van der Waals surface area contributed by atoms with Crippen LogP contribution < -0.4 is 5.32 Å². The Labute approximate surface area is 96.3 Å². The van der Waals surface area contributed by atoms with Crippen molar-refractivity contribution in [2.75, 3.05) is 6.54 Å². The summed E-state index contributed by atoms with van der Waals surface area (Å²) in [7, 11) is 0. The Morgan fingerprint density at radius 2 is 1.94 bits per heavy atom. The van der Waals surface area contributed by atoms with E-state index >= 15 is 0 Å². The number of hydrogen-bond donors (Lipinski definition) is 2. The lowest BCUT2D eigenvalue weighted by Gasteiger charge is -2.08. The van der Waals surface area contributed by atoms with Crippen LogP contribution in [0, 0.1) is 5.82 Å². The van der Waals surface area contributed by atoms with Gasteiger partial charge in [0.2, 0.25) is 0 Å². The van der Waals surface area contributed by atoms with E-state index < -0.39 is 24.2 Å². The third-order valence-electron chi connectivity index (χ3n) is 2.20. The van der Waals surface area contributed by atoms with Crippen LogP contribution in [0.4, 0.5) is 17.6 Å². The zero-order valence-electron chi connectivity index (χ0n) is 9.02. The molecule has 17 heavy (non-hydrogen) atoms. The Morgan fingerprint density at radius 1 is 1.24 bits per heavy atom. The van der Waals surface area contributed by atoms with Gasteiger partial charge in [0.1, 0.15) is 0 Å². The molecule has 0 fully saturated rings. The summed E-state index contributed by atoms with van der Waals surface area (Å²) in [5.41, 5.74) is 0.331. The van der Waals surface area contributed by atoms with E-state index in [-0.39, 0.29) is 19.5 Å². The maximum absolute atomic E-state index is 12.9. The Kier molecular flexibility index (Phi) is 4.74. The second kappa shape index (κ2) is 5.86. The lowest BCUT2D eigenvalue weighted by Crippen LogP contribution is -2.17. The van der Waals surface area contributed by atoms with Gasteiger partial charge >= 0.3 is 6.18 Å². The smallest absolute Gasteiger partial charge is 0.389 e. The van der Waals surface area contributed by atoms with Crippen LogP contribution in [-0.4, -0.2) is 17.8 Å². The van der Waals surface area contributed by atoms with Crippen molar-refractivity contribution in [3.05, 3.63) is 29.6 Å². The first-order valence-corrected chi connectivity index (χ1v) is 5.14. The van der Waals surface area contributed by atoms with E-state index in [0.29, 0.717) is 5.56 Å². The fourth-order valence-electron chi connectivity index (χ4n) is 1.34. The van der Waals surface area contributed by atoms with Crippen LogP contribution in [-0.2, 0) is 6.54 Å². The van der Waals surface area contributed by atoms with E-state index in [9.17, 15) is 22.7 Å². The molecule has 1 aromatic rings. The Morgan fingerprint density at radius 3 is 2.59 bits per heavy atom. The highest BCUT2D eigenvalue weighted by Gasteiger charge is 2.25. The quantitative estimate of drug-likeness (QED) is 0.623. The van der Waals surface area contributed by atoms with E-state index in [1.807, 2.05) is 0 Å². The minimum Gasteiger partial charge on any atom is -0.505 e. The van der Waals surface area contributed by atoms with Gasteiger partial charge in [0.25, 0.3) is 0 Å². The van der Waals surface area contributed by atoms with Crippen molar-refractivity contribution in [1.29, 1.82) is 0 Å². The van der Waals surface area contributed by atoms with Gasteiger partial charge in [-0.2, -0.15) is 13.2 Å². The maximum Gasteiger partial charge on any atom is 0.389 e. The van der Waals surface area contributed by atoms with Crippen molar-refractivity contribution in [2.24, 2.45) is 0 Å². The summed E-state index contributed by atoms with van der Waals surface area (Å²) in [6.07, 6.45) is -5.04. The predicted molar refractivity (Wildman–Crippen MR) is 55.1 cm³/mol. The average Bonchev–Trinajstić information content (AvgIpc) is 2.22. The summed E-state index contributed by atoms with van der Waals surface area (Å²) < 4.78 is 48.3. The molecule has 1 rings (SSSR count). The highest BCUT2D eigenvalue weighted by molar-refractivity contribution is 5.33. The number of nitrogens with one attached hydrogen (secondary N) is 1. The molecular weight excluding hydrogens is 238 g/mol. The molecule has 6 heteroatoms. The third-order valence-corrected chi connectivity index (χ3v) is 2.20. The summed E-state index contributed by atoms with van der Waals surface area (Å²) >= 11 is 0. The van der Waals surface area contributed by atoms with Gasteiger partial charge in [-0.3, -0.25) is 0 Å². The molecule has 0 amide bonds. The van der Waals surface area contributed by atoms with E-state index in [4.69, 9.17) is 0 Å². The first-order chi connectivity index (χ1) is 7.90. The average molecular weight is 251 g/mol. The molecule has 1 aromatic carbocycles. The number of phenolic OH excluding ortho intramolecular Hbond substituents is 1. The molecule has 0 aliphatic heterocycles. The second-order valence-corrected chi connectivity index (χ2v) is 3.64. The molecule has 0 spiro atoms. The lowest BCUT2D eigenvalue weighted by atomic mass is 10.2. The molecule has 0 aliphatic rings. The van der Waals surface area contributed by atoms with Gasteiger partial charge in [0.05, 0.1) is 0 Å². The molecule has 2 N–H and O–H groups in total. The fourth-order valence-corrected chi connectivity index (χ4v) is 1.34. The molecule has 0 bridgehead atoms. The van der Waals surface area contributed by atoms with Crippen LogP contribution in [0.5, 0.6) is 5.75 Å². The molecule has 96 valence electrons. The van der Waals surface area contributed by atoms with E-state index in [1.54, 1.807) is 0 Å². The van der Waals surface area contributed by atoms with Crippen molar-refractivity contribution in [3.8, 4) is 5.75 Å². The van der Waals surface area contributed by atoms with Gasteiger partial charge in [-0.15, -0.1) is 0 Å². The zero-order chi connectivity index (χ0) is 12.9. The number of para-hydroxylation sites is 1. The van der Waals surface area contributed by atoms with E-state index in [2.05, 4.69) is 5.32 Å². The van der Waals surface area contributed by atoms with Gasteiger partial charge < -0.3 is 10.4 Å². The van der Waals surface area contributed by atoms with Crippen LogP contribution >= 0.6 is 0 Å². The molecule has 0 aromatic heterocycles. The number of aromatic hydroxyl groups is 1. The summed E-state index contributed by atoms with van der Waals surface area (Å²) in [5, 5.41) is 12.0. The minimum absolute atomic E-state index is 0.0421. The van der Waals surface area contributed by atoms with Crippen molar-refractivity contribution < 1.29 is 22.7 Å². The summed E-state index contributed by atoms with van der Waals surface area (Å²) in [6, 6.07) is 4.05. The monoisotopic (exact) mass is 251 g/mol. The number of alkyl halides is 3. The highest BCUT2D eigenvalue weighted by atomic mass is 19.4. The minimum atomic E-state index is -4.15. The topological polar surface area (TPSA) is 32.3 Å². The lowest BCUT2D eigenvalue weighted by molar-refractivity contribution is -0.135. The number of hydrogen-bond acceptors (Lipinski definition) is 2. The molecule has 0 heterocycles. The molecule has 0 radical (unpaired) electrons. The van der Waals surface area contributed by atoms with Crippen LogP contribution in [0.1, 0.15) is 18.4 Å². The van der Waals surface area contributed by atoms with Crippen molar-refractivity contribution >= 4 is 0 Å². The molecule has 0 aliphatic carbocycles. The fraction of sp³-hybridized carbons (Fsp3) is 0.455. The third kappa shape index (κ3) is 5.04. The standard InChI is InChI=1S/C11H13F4NO/c12-9-4-1-3-8(10(9)17)7-16-6-2-5-11(13,14)15/h1,3-4,16-17H,2,5-7H2. The molecule has 0 saturated carbocycles. The summed E-state index contributed by atoms with van der Waals surface area (Å²) in [6.45, 7) is 0.302. The maximum atomic E-state index is 12.9. The molecule has 0 atom stereocenters. The molecular formula is C11H13F4NO. The Hall–Kier alpha value is -1.30.